The van der Waals surface area contributed by atoms with Crippen molar-refractivity contribution >= 4 is 17.3 Å². The third-order valence-electron chi connectivity index (χ3n) is 8.14. The fourth-order valence-corrected chi connectivity index (χ4v) is 6.19. The zero-order valence-electron chi connectivity index (χ0n) is 24.5. The summed E-state index contributed by atoms with van der Waals surface area (Å²) in [7, 11) is 0. The molecule has 0 aliphatic heterocycles. The van der Waals surface area contributed by atoms with Gasteiger partial charge < -0.3 is 18.9 Å². The van der Waals surface area contributed by atoms with Gasteiger partial charge in [-0.2, -0.15) is 0 Å². The van der Waals surface area contributed by atoms with Gasteiger partial charge in [0.25, 0.3) is 0 Å². The summed E-state index contributed by atoms with van der Waals surface area (Å²) in [6.07, 6.45) is 4.89. The highest BCUT2D eigenvalue weighted by atomic mass is 16.5. The molecule has 46 heavy (non-hydrogen) atoms. The molecule has 0 N–H and O–H groups in total. The molecule has 5 aromatic carbocycles. The fraction of sp³-hybridized carbons (Fsp3) is 0.0500. The monoisotopic (exact) mass is 602 g/mol. The van der Waals surface area contributed by atoms with Gasteiger partial charge in [-0.1, -0.05) is 72.8 Å². The van der Waals surface area contributed by atoms with Crippen LogP contribution in [0.3, 0.4) is 0 Å². The van der Waals surface area contributed by atoms with Crippen molar-refractivity contribution in [1.29, 1.82) is 0 Å². The van der Waals surface area contributed by atoms with Gasteiger partial charge in [-0.25, -0.2) is 0 Å². The lowest BCUT2D eigenvalue weighted by molar-refractivity contribution is -0.115. The molecule has 0 radical (unpaired) electrons. The third kappa shape index (κ3) is 4.96. The third-order valence-corrected chi connectivity index (χ3v) is 8.14. The standard InChI is InChI=1S/C40H26O6/c41-31-23-33(43-25-13-5-1-6-14-25)29-21-35(45-27-17-9-3-10-18-27)40-32(42)24-34(44-26-15-7-2-8-16-26)30-22-36(39(31)37(29)38(30)40)46-28-19-11-4-12-20-28/h1-24,29,40H. The van der Waals surface area contributed by atoms with Crippen molar-refractivity contribution in [3.05, 3.63) is 179 Å². The van der Waals surface area contributed by atoms with Crippen molar-refractivity contribution < 1.29 is 28.5 Å². The molecule has 5 aromatic rings. The first-order valence-corrected chi connectivity index (χ1v) is 15.0. The zero-order valence-corrected chi connectivity index (χ0v) is 24.5. The lowest BCUT2D eigenvalue weighted by Crippen LogP contribution is -2.32. The SMILES string of the molecule is O=C1C=C(Oc2ccccc2)C2C=C(Oc3ccccc3)C3C(=O)C=C(Oc4ccccc4)c4cc(Oc5ccccc5)c1c2c43. The predicted octanol–water partition coefficient (Wildman–Crippen LogP) is 8.78. The Balaban J connectivity index is 1.36. The topological polar surface area (TPSA) is 71.1 Å². The van der Waals surface area contributed by atoms with Crippen LogP contribution in [0.25, 0.3) is 5.76 Å². The van der Waals surface area contributed by atoms with Crippen molar-refractivity contribution in [3.63, 3.8) is 0 Å². The maximum atomic E-state index is 14.1. The van der Waals surface area contributed by atoms with Gasteiger partial charge in [0.1, 0.15) is 51.9 Å². The van der Waals surface area contributed by atoms with Crippen molar-refractivity contribution in [1.82, 2.24) is 0 Å². The Labute approximate surface area is 265 Å². The Morgan fingerprint density at radius 3 is 1.57 bits per heavy atom. The molecule has 0 bridgehead atoms. The maximum Gasteiger partial charge on any atom is 0.193 e. The molecule has 3 aliphatic rings. The smallest absolute Gasteiger partial charge is 0.193 e. The summed E-state index contributed by atoms with van der Waals surface area (Å²) in [5.41, 5.74) is 2.30. The van der Waals surface area contributed by atoms with Crippen LogP contribution in [0.15, 0.2) is 157 Å². The first-order valence-electron chi connectivity index (χ1n) is 15.0. The van der Waals surface area contributed by atoms with Crippen LogP contribution in [0.4, 0.5) is 0 Å². The van der Waals surface area contributed by atoms with Gasteiger partial charge in [0.15, 0.2) is 11.6 Å². The number of benzene rings is 5. The molecule has 0 amide bonds. The van der Waals surface area contributed by atoms with Crippen LogP contribution in [0.2, 0.25) is 0 Å². The molecule has 8 rings (SSSR count). The van der Waals surface area contributed by atoms with Crippen LogP contribution in [0.5, 0.6) is 28.7 Å². The van der Waals surface area contributed by atoms with E-state index in [1.165, 1.54) is 12.2 Å². The molecular weight excluding hydrogens is 576 g/mol. The van der Waals surface area contributed by atoms with Crippen molar-refractivity contribution in [2.75, 3.05) is 0 Å². The number of ketones is 2. The number of carbonyl (C=O) groups excluding carboxylic acids is 2. The molecule has 0 heterocycles. The highest BCUT2D eigenvalue weighted by Crippen LogP contribution is 2.53. The van der Waals surface area contributed by atoms with Gasteiger partial charge in [-0.05, 0) is 71.8 Å². The Morgan fingerprint density at radius 1 is 0.500 bits per heavy atom. The molecule has 6 nitrogen and oxygen atoms in total. The minimum Gasteiger partial charge on any atom is -0.461 e. The first-order chi connectivity index (χ1) is 22.6. The summed E-state index contributed by atoms with van der Waals surface area (Å²) in [4.78, 5) is 28.2. The molecule has 222 valence electrons. The maximum absolute atomic E-state index is 14.1. The Morgan fingerprint density at radius 2 is 1.00 bits per heavy atom. The first kappa shape index (κ1) is 27.4. The van der Waals surface area contributed by atoms with Crippen LogP contribution < -0.4 is 18.9 Å². The van der Waals surface area contributed by atoms with Crippen LogP contribution in [-0.4, -0.2) is 11.6 Å². The van der Waals surface area contributed by atoms with Crippen LogP contribution in [-0.2, 0) is 4.79 Å². The van der Waals surface area contributed by atoms with Gasteiger partial charge in [0.05, 0.1) is 11.5 Å². The lowest BCUT2D eigenvalue weighted by Gasteiger charge is -2.38. The second-order valence-electron chi connectivity index (χ2n) is 11.1. The van der Waals surface area contributed by atoms with Crippen molar-refractivity contribution in [2.45, 2.75) is 11.8 Å². The van der Waals surface area contributed by atoms with E-state index >= 15 is 0 Å². The van der Waals surface area contributed by atoms with Gasteiger partial charge in [0.2, 0.25) is 0 Å². The van der Waals surface area contributed by atoms with Gasteiger partial charge in [0, 0.05) is 17.7 Å². The average molecular weight is 603 g/mol. The summed E-state index contributed by atoms with van der Waals surface area (Å²) in [6, 6.07) is 39.0. The molecule has 0 saturated heterocycles. The summed E-state index contributed by atoms with van der Waals surface area (Å²) in [5, 5.41) is 0. The summed E-state index contributed by atoms with van der Waals surface area (Å²) in [6.45, 7) is 0. The molecule has 0 saturated carbocycles. The second-order valence-corrected chi connectivity index (χ2v) is 11.1. The molecule has 2 atom stereocenters. The quantitative estimate of drug-likeness (QED) is 0.177. The van der Waals surface area contributed by atoms with E-state index in [0.29, 0.717) is 68.3 Å². The number of rotatable bonds is 8. The number of allylic oxidation sites excluding steroid dienone is 4. The molecule has 6 heteroatoms. The second kappa shape index (κ2) is 11.4. The molecule has 0 aromatic heterocycles. The minimum atomic E-state index is -0.807. The average Bonchev–Trinajstić information content (AvgIpc) is 3.08. The molecule has 2 unspecified atom stereocenters. The summed E-state index contributed by atoms with van der Waals surface area (Å²) in [5.74, 6) is 2.05. The highest BCUT2D eigenvalue weighted by Gasteiger charge is 2.46. The summed E-state index contributed by atoms with van der Waals surface area (Å²) >= 11 is 0. The molecule has 0 spiro atoms. The van der Waals surface area contributed by atoms with Gasteiger partial charge in [-0.15, -0.1) is 0 Å². The van der Waals surface area contributed by atoms with E-state index in [9.17, 15) is 9.59 Å². The minimum absolute atomic E-state index is 0.217. The molecular formula is C40H26O6. The number of hydrogen-bond donors (Lipinski definition) is 0. The van der Waals surface area contributed by atoms with Crippen molar-refractivity contribution in [2.24, 2.45) is 0 Å². The van der Waals surface area contributed by atoms with Gasteiger partial charge >= 0.3 is 0 Å². The van der Waals surface area contributed by atoms with Crippen molar-refractivity contribution in [3.8, 4) is 28.7 Å². The van der Waals surface area contributed by atoms with E-state index in [2.05, 4.69) is 0 Å². The normalized spacial score (nSPS) is 17.6. The van der Waals surface area contributed by atoms with E-state index in [4.69, 9.17) is 18.9 Å². The largest absolute Gasteiger partial charge is 0.461 e. The fourth-order valence-electron chi connectivity index (χ4n) is 6.19. The lowest BCUT2D eigenvalue weighted by atomic mass is 9.69. The highest BCUT2D eigenvalue weighted by molar-refractivity contribution is 6.13. The Bertz CT molecular complexity index is 2060. The Kier molecular flexibility index (Phi) is 6.80. The number of carbonyl (C=O) groups is 2. The van der Waals surface area contributed by atoms with E-state index < -0.39 is 11.8 Å². The van der Waals surface area contributed by atoms with Crippen LogP contribution >= 0.6 is 0 Å². The number of hydrogen-bond acceptors (Lipinski definition) is 6. The van der Waals surface area contributed by atoms with Crippen LogP contribution in [0.1, 0.15) is 38.9 Å². The molecule has 0 fully saturated rings. The summed E-state index contributed by atoms with van der Waals surface area (Å²) < 4.78 is 25.6. The number of para-hydroxylation sites is 4. The van der Waals surface area contributed by atoms with E-state index in [0.717, 1.165) is 0 Å². The zero-order chi connectivity index (χ0) is 31.0. The van der Waals surface area contributed by atoms with E-state index in [1.807, 2.05) is 127 Å². The molecule has 3 aliphatic carbocycles. The Hall–Kier alpha value is -6.14. The van der Waals surface area contributed by atoms with E-state index in [-0.39, 0.29) is 11.6 Å². The number of ether oxygens (including phenoxy) is 4. The van der Waals surface area contributed by atoms with Crippen LogP contribution in [0, 0.1) is 0 Å². The predicted molar refractivity (Wildman–Crippen MR) is 173 cm³/mol. The van der Waals surface area contributed by atoms with Gasteiger partial charge in [-0.3, -0.25) is 9.59 Å². The van der Waals surface area contributed by atoms with E-state index in [1.54, 1.807) is 6.07 Å².